The van der Waals surface area contributed by atoms with Gasteiger partial charge in [-0.15, -0.1) is 0 Å². The van der Waals surface area contributed by atoms with Gasteiger partial charge in [-0.1, -0.05) is 18.2 Å². The largest absolute Gasteiger partial charge is 0.472 e. The van der Waals surface area contributed by atoms with Crippen LogP contribution < -0.4 is 9.46 Å². The van der Waals surface area contributed by atoms with Gasteiger partial charge in [0.05, 0.1) is 18.4 Å². The SMILES string of the molecule is Cc1cccc(C)c1-c1cc(OC2CCN(C(=O)c3cc4cc(F)ccc4o3)C2)nc(NS(=O)(=O)c2cnn(C)c2)n1. The fourth-order valence-corrected chi connectivity index (χ4v) is 5.98. The molecule has 1 saturated heterocycles. The molecule has 0 spiro atoms. The van der Waals surface area contributed by atoms with Crippen molar-refractivity contribution in [3.63, 3.8) is 0 Å². The second-order valence-corrected chi connectivity index (χ2v) is 11.9. The minimum absolute atomic E-state index is 0.0354. The van der Waals surface area contributed by atoms with Crippen molar-refractivity contribution in [2.75, 3.05) is 17.8 Å². The number of hydrogen-bond donors (Lipinski definition) is 1. The summed E-state index contributed by atoms with van der Waals surface area (Å²) < 4.78 is 55.3. The molecule has 6 rings (SSSR count). The van der Waals surface area contributed by atoms with Crippen molar-refractivity contribution in [3.8, 4) is 17.1 Å². The number of sulfonamides is 1. The number of aromatic nitrogens is 4. The molecule has 11 nitrogen and oxygen atoms in total. The summed E-state index contributed by atoms with van der Waals surface area (Å²) in [6, 6.07) is 13.1. The predicted octanol–water partition coefficient (Wildman–Crippen LogP) is 4.47. The third-order valence-electron chi connectivity index (χ3n) is 7.07. The lowest BCUT2D eigenvalue weighted by Gasteiger charge is -2.17. The van der Waals surface area contributed by atoms with E-state index in [1.165, 1.54) is 41.3 Å². The summed E-state index contributed by atoms with van der Waals surface area (Å²) in [4.78, 5) is 23.6. The number of rotatable bonds is 7. The van der Waals surface area contributed by atoms with Gasteiger partial charge < -0.3 is 14.1 Å². The van der Waals surface area contributed by atoms with Gasteiger partial charge in [0.25, 0.3) is 15.9 Å². The second kappa shape index (κ2) is 10.6. The smallest absolute Gasteiger partial charge is 0.289 e. The van der Waals surface area contributed by atoms with Gasteiger partial charge in [0.1, 0.15) is 22.4 Å². The highest BCUT2D eigenvalue weighted by atomic mass is 32.2. The monoisotopic (exact) mass is 590 g/mol. The number of nitrogens with one attached hydrogen (secondary N) is 1. The van der Waals surface area contributed by atoms with Gasteiger partial charge in [-0.2, -0.15) is 10.1 Å². The molecule has 216 valence electrons. The van der Waals surface area contributed by atoms with Crippen LogP contribution in [0.1, 0.15) is 28.1 Å². The summed E-state index contributed by atoms with van der Waals surface area (Å²) in [6.07, 6.45) is 2.70. The van der Waals surface area contributed by atoms with Gasteiger partial charge in [-0.25, -0.2) is 22.5 Å². The Morgan fingerprint density at radius 1 is 1.12 bits per heavy atom. The van der Waals surface area contributed by atoms with Crippen molar-refractivity contribution in [3.05, 3.63) is 83.6 Å². The lowest BCUT2D eigenvalue weighted by Crippen LogP contribution is -2.30. The Labute approximate surface area is 241 Å². The fourth-order valence-electron chi connectivity index (χ4n) is 5.05. The zero-order valence-electron chi connectivity index (χ0n) is 23.0. The summed E-state index contributed by atoms with van der Waals surface area (Å²) in [6.45, 7) is 4.54. The maximum Gasteiger partial charge on any atom is 0.289 e. The number of halogens is 1. The molecule has 42 heavy (non-hydrogen) atoms. The van der Waals surface area contributed by atoms with Crippen LogP contribution in [0.5, 0.6) is 5.88 Å². The van der Waals surface area contributed by atoms with Crippen LogP contribution in [-0.4, -0.2) is 58.2 Å². The van der Waals surface area contributed by atoms with Crippen LogP contribution in [-0.2, 0) is 17.1 Å². The molecular weight excluding hydrogens is 563 g/mol. The maximum atomic E-state index is 13.6. The molecule has 13 heteroatoms. The van der Waals surface area contributed by atoms with Crippen molar-refractivity contribution in [2.45, 2.75) is 31.3 Å². The molecule has 0 bridgehead atoms. The molecule has 1 fully saturated rings. The number of benzene rings is 2. The number of hydrogen-bond acceptors (Lipinski definition) is 8. The molecule has 0 saturated carbocycles. The van der Waals surface area contributed by atoms with Crippen LogP contribution in [0, 0.1) is 19.7 Å². The summed E-state index contributed by atoms with van der Waals surface area (Å²) in [5.74, 6) is -0.632. The minimum atomic E-state index is -4.02. The van der Waals surface area contributed by atoms with E-state index in [9.17, 15) is 17.6 Å². The molecule has 0 radical (unpaired) electrons. The van der Waals surface area contributed by atoms with Gasteiger partial charge >= 0.3 is 0 Å². The van der Waals surface area contributed by atoms with E-state index >= 15 is 0 Å². The van der Waals surface area contributed by atoms with Crippen LogP contribution in [0.25, 0.3) is 22.2 Å². The number of aryl methyl sites for hydroxylation is 3. The average Bonchev–Trinajstić information content (AvgIpc) is 3.68. The molecule has 1 unspecified atom stereocenters. The molecule has 5 aromatic rings. The lowest BCUT2D eigenvalue weighted by molar-refractivity contribution is 0.0742. The van der Waals surface area contributed by atoms with E-state index < -0.39 is 21.9 Å². The van der Waals surface area contributed by atoms with Crippen molar-refractivity contribution < 1.29 is 26.8 Å². The third kappa shape index (κ3) is 5.42. The number of carbonyl (C=O) groups excluding carboxylic acids is 1. The van der Waals surface area contributed by atoms with Crippen molar-refractivity contribution in [1.29, 1.82) is 0 Å². The van der Waals surface area contributed by atoms with Crippen LogP contribution in [0.3, 0.4) is 0 Å². The molecule has 2 aromatic carbocycles. The molecule has 1 atom stereocenters. The number of anilines is 1. The zero-order valence-corrected chi connectivity index (χ0v) is 23.9. The number of likely N-dealkylation sites (tertiary alicyclic amines) is 1. The van der Waals surface area contributed by atoms with E-state index in [0.717, 1.165) is 16.7 Å². The third-order valence-corrected chi connectivity index (χ3v) is 8.35. The number of fused-ring (bicyclic) bond motifs is 1. The summed E-state index contributed by atoms with van der Waals surface area (Å²) >= 11 is 0. The number of amides is 1. The van der Waals surface area contributed by atoms with Crippen LogP contribution in [0.2, 0.25) is 0 Å². The van der Waals surface area contributed by atoms with E-state index in [1.54, 1.807) is 18.0 Å². The Morgan fingerprint density at radius 3 is 2.64 bits per heavy atom. The zero-order chi connectivity index (χ0) is 29.6. The molecule has 1 N–H and O–H groups in total. The molecule has 1 aliphatic rings. The first-order valence-corrected chi connectivity index (χ1v) is 14.7. The Hall–Kier alpha value is -4.78. The summed E-state index contributed by atoms with van der Waals surface area (Å²) in [5.41, 5.74) is 3.64. The highest BCUT2D eigenvalue weighted by Crippen LogP contribution is 2.31. The van der Waals surface area contributed by atoms with Crippen molar-refractivity contribution >= 4 is 32.8 Å². The molecule has 0 aliphatic carbocycles. The van der Waals surface area contributed by atoms with Crippen LogP contribution >= 0.6 is 0 Å². The normalized spacial score (nSPS) is 15.3. The van der Waals surface area contributed by atoms with Gasteiger partial charge in [0.15, 0.2) is 5.76 Å². The number of nitrogens with zero attached hydrogens (tertiary/aromatic N) is 5. The van der Waals surface area contributed by atoms with E-state index in [2.05, 4.69) is 19.8 Å². The number of carbonyl (C=O) groups is 1. The van der Waals surface area contributed by atoms with Crippen molar-refractivity contribution in [1.82, 2.24) is 24.6 Å². The first kappa shape index (κ1) is 27.4. The Kier molecular flexibility index (Phi) is 6.89. The first-order chi connectivity index (χ1) is 20.1. The molecule has 1 aliphatic heterocycles. The van der Waals surface area contributed by atoms with Crippen LogP contribution in [0.4, 0.5) is 10.3 Å². The molecule has 1 amide bonds. The quantitative estimate of drug-likeness (QED) is 0.294. The van der Waals surface area contributed by atoms with Gasteiger partial charge in [-0.3, -0.25) is 9.48 Å². The molecular formula is C29H27FN6O5S. The fraction of sp³-hybridized carbons (Fsp3) is 0.241. The number of ether oxygens (including phenoxy) is 1. The highest BCUT2D eigenvalue weighted by Gasteiger charge is 2.31. The van der Waals surface area contributed by atoms with E-state index in [1.807, 2.05) is 32.0 Å². The number of furan rings is 1. The Balaban J connectivity index is 1.26. The predicted molar refractivity (Wildman–Crippen MR) is 152 cm³/mol. The molecule has 3 aromatic heterocycles. The Morgan fingerprint density at radius 2 is 1.90 bits per heavy atom. The maximum absolute atomic E-state index is 13.6. The van der Waals surface area contributed by atoms with E-state index in [-0.39, 0.29) is 34.9 Å². The van der Waals surface area contributed by atoms with Gasteiger partial charge in [0.2, 0.25) is 11.8 Å². The van der Waals surface area contributed by atoms with Gasteiger partial charge in [0, 0.05) is 43.2 Å². The van der Waals surface area contributed by atoms with E-state index in [4.69, 9.17) is 9.15 Å². The second-order valence-electron chi connectivity index (χ2n) is 10.2. The highest BCUT2D eigenvalue weighted by molar-refractivity contribution is 7.92. The Bertz CT molecular complexity index is 1920. The lowest BCUT2D eigenvalue weighted by atomic mass is 10.00. The van der Waals surface area contributed by atoms with E-state index in [0.29, 0.717) is 29.6 Å². The standard InChI is InChI=1S/C29H27FN6O5S/c1-17-5-4-6-18(2)27(17)23-13-26(33-29(32-23)34-42(38,39)22-14-31-35(3)16-22)40-21-9-10-36(15-21)28(37)25-12-19-11-20(30)7-8-24(19)41-25/h4-8,11-14,16,21H,9-10,15H2,1-3H3,(H,32,33,34). The first-order valence-electron chi connectivity index (χ1n) is 13.2. The topological polar surface area (TPSA) is 132 Å². The molecule has 4 heterocycles. The summed E-state index contributed by atoms with van der Waals surface area (Å²) in [7, 11) is -2.40. The minimum Gasteiger partial charge on any atom is -0.472 e. The average molecular weight is 591 g/mol. The van der Waals surface area contributed by atoms with Gasteiger partial charge in [-0.05, 0) is 49.2 Å². The van der Waals surface area contributed by atoms with Crippen molar-refractivity contribution in [2.24, 2.45) is 7.05 Å². The summed E-state index contributed by atoms with van der Waals surface area (Å²) in [5, 5.41) is 4.44. The van der Waals surface area contributed by atoms with Crippen LogP contribution in [0.15, 0.2) is 70.2 Å².